The Morgan fingerprint density at radius 3 is 2.50 bits per heavy atom. The van der Waals surface area contributed by atoms with Crippen molar-refractivity contribution in [3.05, 3.63) is 24.3 Å². The standard InChI is InChI=1S/C5H5.La/c1-2-4-5-3-1;/h1-3H,4H2;/q-1;. The Kier molecular flexibility index (Phi) is 4.28. The molecule has 0 aromatic rings. The summed E-state index contributed by atoms with van der Waals surface area (Å²) in [7, 11) is 0. The van der Waals surface area contributed by atoms with E-state index in [1.54, 1.807) is 0 Å². The first-order valence-electron chi connectivity index (χ1n) is 1.72. The molecule has 29 valence electrons. The molecule has 1 heteroatoms. The Morgan fingerprint density at radius 2 is 2.33 bits per heavy atom. The van der Waals surface area contributed by atoms with Crippen LogP contribution in [0.1, 0.15) is 6.42 Å². The molecule has 1 radical (unpaired) electrons. The van der Waals surface area contributed by atoms with E-state index >= 15 is 0 Å². The minimum absolute atomic E-state index is 0. The van der Waals surface area contributed by atoms with Crippen LogP contribution in [-0.2, 0) is 0 Å². The Hall–Kier alpha value is 0.675. The van der Waals surface area contributed by atoms with Gasteiger partial charge in [0.15, 0.2) is 0 Å². The molecule has 0 fully saturated rings. The van der Waals surface area contributed by atoms with E-state index in [0.29, 0.717) is 0 Å². The monoisotopic (exact) mass is 204 g/mol. The van der Waals surface area contributed by atoms with Crippen LogP contribution in [0.3, 0.4) is 0 Å². The third kappa shape index (κ3) is 1.96. The predicted molar refractivity (Wildman–Crippen MR) is 21.6 cm³/mol. The number of rotatable bonds is 0. The van der Waals surface area contributed by atoms with Gasteiger partial charge in [-0.3, -0.25) is 6.08 Å². The van der Waals surface area contributed by atoms with Gasteiger partial charge in [0.25, 0.3) is 0 Å². The molecule has 0 spiro atoms. The number of hydrogen-bond donors (Lipinski definition) is 0. The summed E-state index contributed by atoms with van der Waals surface area (Å²) < 4.78 is 0. The molecule has 0 amide bonds. The second-order valence-corrected chi connectivity index (χ2v) is 1.00. The van der Waals surface area contributed by atoms with Gasteiger partial charge in [-0.1, -0.05) is 0 Å². The predicted octanol–water partition coefficient (Wildman–Crippen LogP) is 1.31. The summed E-state index contributed by atoms with van der Waals surface area (Å²) in [6, 6.07) is 0. The molecule has 0 bridgehead atoms. The zero-order valence-electron chi connectivity index (χ0n) is 3.52. The van der Waals surface area contributed by atoms with Gasteiger partial charge in [-0.15, -0.1) is 6.42 Å². The van der Waals surface area contributed by atoms with Crippen LogP contribution in [0, 0.1) is 41.7 Å². The molecule has 0 saturated carbocycles. The molecule has 0 aliphatic heterocycles. The third-order valence-corrected chi connectivity index (χ3v) is 0.586. The Bertz CT molecular complexity index is 62.0. The molecule has 1 aliphatic carbocycles. The van der Waals surface area contributed by atoms with Crippen LogP contribution in [0.2, 0.25) is 0 Å². The van der Waals surface area contributed by atoms with Gasteiger partial charge in [0.2, 0.25) is 0 Å². The fourth-order valence-electron chi connectivity index (χ4n) is 0.340. The van der Waals surface area contributed by atoms with Crippen molar-refractivity contribution in [1.29, 1.82) is 0 Å². The van der Waals surface area contributed by atoms with Crippen molar-refractivity contribution in [3.63, 3.8) is 0 Å². The Labute approximate surface area is 65.9 Å². The van der Waals surface area contributed by atoms with Gasteiger partial charge in [0.1, 0.15) is 0 Å². The van der Waals surface area contributed by atoms with Crippen LogP contribution in [0.5, 0.6) is 0 Å². The summed E-state index contributed by atoms with van der Waals surface area (Å²) in [6.07, 6.45) is 10.0. The van der Waals surface area contributed by atoms with Crippen molar-refractivity contribution < 1.29 is 35.6 Å². The Morgan fingerprint density at radius 1 is 1.50 bits per heavy atom. The average Bonchev–Trinajstić information content (AvgIpc) is 1.76. The maximum absolute atomic E-state index is 2.99. The summed E-state index contributed by atoms with van der Waals surface area (Å²) in [4.78, 5) is 0. The molecule has 0 unspecified atom stereocenters. The largest absolute Gasteiger partial charge is 0.273 e. The quantitative estimate of drug-likeness (QED) is 0.522. The first-order chi connectivity index (χ1) is 2.50. The van der Waals surface area contributed by atoms with Gasteiger partial charge in [0.05, 0.1) is 0 Å². The molecular weight excluding hydrogens is 199 g/mol. The van der Waals surface area contributed by atoms with Crippen LogP contribution >= 0.6 is 0 Å². The molecule has 0 atom stereocenters. The molecule has 0 N–H and O–H groups in total. The summed E-state index contributed by atoms with van der Waals surface area (Å²) in [5.74, 6) is 0. The van der Waals surface area contributed by atoms with Gasteiger partial charge in [0, 0.05) is 35.6 Å². The first-order valence-corrected chi connectivity index (χ1v) is 1.72. The van der Waals surface area contributed by atoms with E-state index in [0.717, 1.165) is 6.42 Å². The second kappa shape index (κ2) is 3.85. The molecule has 1 aliphatic rings. The molecule has 0 nitrogen and oxygen atoms in total. The fourth-order valence-corrected chi connectivity index (χ4v) is 0.340. The van der Waals surface area contributed by atoms with E-state index in [1.807, 2.05) is 12.2 Å². The molecule has 0 aromatic carbocycles. The van der Waals surface area contributed by atoms with E-state index in [1.165, 1.54) is 0 Å². The summed E-state index contributed by atoms with van der Waals surface area (Å²) in [6.45, 7) is 0. The molecule has 0 aromatic heterocycles. The van der Waals surface area contributed by atoms with Crippen LogP contribution in [-0.4, -0.2) is 0 Å². The van der Waals surface area contributed by atoms with E-state index in [4.69, 9.17) is 0 Å². The van der Waals surface area contributed by atoms with Crippen molar-refractivity contribution in [2.24, 2.45) is 0 Å². The van der Waals surface area contributed by atoms with Crippen molar-refractivity contribution in [3.8, 4) is 0 Å². The van der Waals surface area contributed by atoms with Crippen LogP contribution in [0.4, 0.5) is 0 Å². The van der Waals surface area contributed by atoms with Crippen LogP contribution in [0.25, 0.3) is 0 Å². The average molecular weight is 204 g/mol. The third-order valence-electron chi connectivity index (χ3n) is 0.586. The Balaban J connectivity index is 0.000000250. The zero-order valence-corrected chi connectivity index (χ0v) is 7.14. The number of allylic oxidation sites excluding steroid dienone is 4. The van der Waals surface area contributed by atoms with Crippen molar-refractivity contribution in [2.45, 2.75) is 6.42 Å². The van der Waals surface area contributed by atoms with Gasteiger partial charge in [-0.2, -0.15) is 6.08 Å². The maximum atomic E-state index is 2.99. The molecule has 6 heavy (non-hydrogen) atoms. The van der Waals surface area contributed by atoms with Gasteiger partial charge >= 0.3 is 0 Å². The van der Waals surface area contributed by atoms with Crippen molar-refractivity contribution in [1.82, 2.24) is 0 Å². The number of hydrogen-bond acceptors (Lipinski definition) is 0. The minimum atomic E-state index is 0. The summed E-state index contributed by atoms with van der Waals surface area (Å²) in [5.41, 5.74) is 0. The maximum Gasteiger partial charge on any atom is 0 e. The molecule has 1 rings (SSSR count). The van der Waals surface area contributed by atoms with E-state index in [-0.39, 0.29) is 35.6 Å². The van der Waals surface area contributed by atoms with E-state index in [2.05, 4.69) is 12.2 Å². The van der Waals surface area contributed by atoms with Crippen LogP contribution in [0.15, 0.2) is 18.2 Å². The van der Waals surface area contributed by atoms with E-state index < -0.39 is 0 Å². The summed E-state index contributed by atoms with van der Waals surface area (Å²) in [5, 5.41) is 0. The normalized spacial score (nSPS) is 14.7. The summed E-state index contributed by atoms with van der Waals surface area (Å²) >= 11 is 0. The van der Waals surface area contributed by atoms with Gasteiger partial charge in [-0.05, 0) is 0 Å². The van der Waals surface area contributed by atoms with E-state index in [9.17, 15) is 0 Å². The second-order valence-electron chi connectivity index (χ2n) is 1.00. The van der Waals surface area contributed by atoms with Gasteiger partial charge in [-0.25, -0.2) is 12.2 Å². The first kappa shape index (κ1) is 6.67. The zero-order chi connectivity index (χ0) is 3.54. The van der Waals surface area contributed by atoms with Crippen molar-refractivity contribution >= 4 is 0 Å². The van der Waals surface area contributed by atoms with Crippen LogP contribution < -0.4 is 0 Å². The molecule has 0 saturated heterocycles. The van der Waals surface area contributed by atoms with Gasteiger partial charge < -0.3 is 0 Å². The smallest absolute Gasteiger partial charge is 0 e. The SMILES string of the molecule is [C-]1=CC=CC1.[La]. The fraction of sp³-hybridized carbons (Fsp3) is 0.200. The van der Waals surface area contributed by atoms with Crippen molar-refractivity contribution in [2.75, 3.05) is 0 Å². The molecule has 0 heterocycles. The minimum Gasteiger partial charge on any atom is -0.273 e. The topological polar surface area (TPSA) is 0 Å². The molecular formula is C5H5La-.